The van der Waals surface area contributed by atoms with Gasteiger partial charge in [-0.1, -0.05) is 11.6 Å². The predicted molar refractivity (Wildman–Crippen MR) is 105 cm³/mol. The SMILES string of the molecule is Cc1ccc2nc(CN(C)C3CCOC3)nc(N3CCSCC3)c2c1. The van der Waals surface area contributed by atoms with Crippen molar-refractivity contribution >= 4 is 28.5 Å². The number of aryl methyl sites for hydroxylation is 1. The molecule has 1 aromatic carbocycles. The maximum atomic E-state index is 5.53. The Bertz CT molecular complexity index is 742. The maximum Gasteiger partial charge on any atom is 0.145 e. The quantitative estimate of drug-likeness (QED) is 0.837. The standard InChI is InChI=1S/C19H26N4OS/c1-14-3-4-17-16(11-14)19(23-6-9-25-10-7-23)21-18(20-17)12-22(2)15-5-8-24-13-15/h3-4,11,15H,5-10,12-13H2,1-2H3. The molecule has 2 fully saturated rings. The van der Waals surface area contributed by atoms with Crippen molar-refractivity contribution < 1.29 is 4.74 Å². The Balaban J connectivity index is 1.68. The van der Waals surface area contributed by atoms with Crippen LogP contribution < -0.4 is 4.90 Å². The molecule has 6 heteroatoms. The molecule has 134 valence electrons. The summed E-state index contributed by atoms with van der Waals surface area (Å²) in [6, 6.07) is 6.98. The maximum absolute atomic E-state index is 5.53. The van der Waals surface area contributed by atoms with E-state index in [1.165, 1.54) is 22.5 Å². The molecule has 5 nitrogen and oxygen atoms in total. The van der Waals surface area contributed by atoms with Crippen LogP contribution in [-0.2, 0) is 11.3 Å². The van der Waals surface area contributed by atoms with E-state index in [0.717, 1.165) is 56.4 Å². The Kier molecular flexibility index (Phi) is 5.10. The van der Waals surface area contributed by atoms with Gasteiger partial charge >= 0.3 is 0 Å². The van der Waals surface area contributed by atoms with E-state index in [1.54, 1.807) is 0 Å². The normalized spacial score (nSPS) is 21.4. The number of fused-ring (bicyclic) bond motifs is 1. The molecule has 1 unspecified atom stereocenters. The van der Waals surface area contributed by atoms with Crippen LogP contribution in [0.5, 0.6) is 0 Å². The first kappa shape index (κ1) is 17.1. The van der Waals surface area contributed by atoms with Gasteiger partial charge in [0.05, 0.1) is 18.7 Å². The van der Waals surface area contributed by atoms with E-state index in [0.29, 0.717) is 6.04 Å². The average molecular weight is 359 g/mol. The summed E-state index contributed by atoms with van der Waals surface area (Å²) in [6.07, 6.45) is 1.10. The summed E-state index contributed by atoms with van der Waals surface area (Å²) in [4.78, 5) is 14.6. The van der Waals surface area contributed by atoms with Crippen LogP contribution in [0.1, 0.15) is 17.8 Å². The van der Waals surface area contributed by atoms with Crippen molar-refractivity contribution in [3.05, 3.63) is 29.6 Å². The van der Waals surface area contributed by atoms with Gasteiger partial charge in [0.1, 0.15) is 11.6 Å². The van der Waals surface area contributed by atoms with Crippen LogP contribution in [0.15, 0.2) is 18.2 Å². The average Bonchev–Trinajstić information content (AvgIpc) is 3.17. The lowest BCUT2D eigenvalue weighted by atomic mass is 10.1. The molecule has 2 saturated heterocycles. The molecule has 2 aromatic rings. The van der Waals surface area contributed by atoms with E-state index in [2.05, 4.69) is 42.0 Å². The van der Waals surface area contributed by atoms with Gasteiger partial charge in [-0.2, -0.15) is 11.8 Å². The minimum atomic E-state index is 0.479. The number of rotatable bonds is 4. The fourth-order valence-electron chi connectivity index (χ4n) is 3.58. The number of benzene rings is 1. The smallest absolute Gasteiger partial charge is 0.145 e. The van der Waals surface area contributed by atoms with Gasteiger partial charge in [0, 0.05) is 42.6 Å². The zero-order valence-corrected chi connectivity index (χ0v) is 15.9. The number of nitrogens with zero attached hydrogens (tertiary/aromatic N) is 4. The lowest BCUT2D eigenvalue weighted by Crippen LogP contribution is -2.35. The fourth-order valence-corrected chi connectivity index (χ4v) is 4.48. The molecule has 0 saturated carbocycles. The Hall–Kier alpha value is -1.37. The number of likely N-dealkylation sites (N-methyl/N-ethyl adjacent to an activating group) is 1. The van der Waals surface area contributed by atoms with Gasteiger partial charge in [-0.15, -0.1) is 0 Å². The molecule has 1 aromatic heterocycles. The summed E-state index contributed by atoms with van der Waals surface area (Å²) in [5.74, 6) is 4.37. The van der Waals surface area contributed by atoms with Crippen LogP contribution in [0, 0.1) is 6.92 Å². The summed E-state index contributed by atoms with van der Waals surface area (Å²) in [5.41, 5.74) is 2.32. The lowest BCUT2D eigenvalue weighted by Gasteiger charge is -2.29. The van der Waals surface area contributed by atoms with Gasteiger partial charge in [-0.05, 0) is 32.5 Å². The van der Waals surface area contributed by atoms with E-state index in [4.69, 9.17) is 14.7 Å². The Morgan fingerprint density at radius 3 is 2.88 bits per heavy atom. The lowest BCUT2D eigenvalue weighted by molar-refractivity contribution is 0.155. The van der Waals surface area contributed by atoms with E-state index in [9.17, 15) is 0 Å². The van der Waals surface area contributed by atoms with Crippen molar-refractivity contribution in [3.63, 3.8) is 0 Å². The summed E-state index contributed by atoms with van der Waals surface area (Å²) >= 11 is 2.03. The van der Waals surface area contributed by atoms with Crippen LogP contribution in [0.4, 0.5) is 5.82 Å². The fraction of sp³-hybridized carbons (Fsp3) is 0.579. The number of ether oxygens (including phenoxy) is 1. The number of hydrogen-bond acceptors (Lipinski definition) is 6. The van der Waals surface area contributed by atoms with Crippen LogP contribution in [0.25, 0.3) is 10.9 Å². The molecule has 2 aliphatic rings. The van der Waals surface area contributed by atoms with Crippen molar-refractivity contribution in [2.45, 2.75) is 25.9 Å². The summed E-state index contributed by atoms with van der Waals surface area (Å²) in [6.45, 7) is 6.72. The molecule has 0 radical (unpaired) electrons. The van der Waals surface area contributed by atoms with Crippen LogP contribution >= 0.6 is 11.8 Å². The zero-order valence-electron chi connectivity index (χ0n) is 15.1. The minimum Gasteiger partial charge on any atom is -0.380 e. The zero-order chi connectivity index (χ0) is 17.2. The number of thioether (sulfide) groups is 1. The highest BCUT2D eigenvalue weighted by Crippen LogP contribution is 2.27. The molecule has 25 heavy (non-hydrogen) atoms. The van der Waals surface area contributed by atoms with Crippen molar-refractivity contribution in [3.8, 4) is 0 Å². The molecule has 0 bridgehead atoms. The van der Waals surface area contributed by atoms with Crippen molar-refractivity contribution in [1.82, 2.24) is 14.9 Å². The topological polar surface area (TPSA) is 41.5 Å². The predicted octanol–water partition coefficient (Wildman–Crippen LogP) is 2.71. The number of anilines is 1. The van der Waals surface area contributed by atoms with Gasteiger partial charge in [0.2, 0.25) is 0 Å². The highest BCUT2D eigenvalue weighted by Gasteiger charge is 2.22. The van der Waals surface area contributed by atoms with Crippen molar-refractivity contribution in [2.75, 3.05) is 49.8 Å². The second-order valence-electron chi connectivity index (χ2n) is 7.02. The minimum absolute atomic E-state index is 0.479. The third-order valence-electron chi connectivity index (χ3n) is 5.11. The molecule has 2 aliphatic heterocycles. The molecular weight excluding hydrogens is 332 g/mol. The molecule has 4 rings (SSSR count). The molecule has 0 aliphatic carbocycles. The van der Waals surface area contributed by atoms with E-state index in [-0.39, 0.29) is 0 Å². The molecule has 1 atom stereocenters. The highest BCUT2D eigenvalue weighted by molar-refractivity contribution is 7.99. The van der Waals surface area contributed by atoms with Crippen molar-refractivity contribution in [1.29, 1.82) is 0 Å². The summed E-state index contributed by atoms with van der Waals surface area (Å²) in [5, 5.41) is 1.18. The van der Waals surface area contributed by atoms with Gasteiger partial charge in [0.25, 0.3) is 0 Å². The van der Waals surface area contributed by atoms with E-state index in [1.807, 2.05) is 11.8 Å². The first-order valence-electron chi connectivity index (χ1n) is 9.08. The molecular formula is C19H26N4OS. The third kappa shape index (κ3) is 3.76. The summed E-state index contributed by atoms with van der Waals surface area (Å²) < 4.78 is 5.53. The number of aromatic nitrogens is 2. The second-order valence-corrected chi connectivity index (χ2v) is 8.24. The van der Waals surface area contributed by atoms with E-state index >= 15 is 0 Å². The first-order chi connectivity index (χ1) is 12.2. The molecule has 0 amide bonds. The van der Waals surface area contributed by atoms with Crippen molar-refractivity contribution in [2.24, 2.45) is 0 Å². The van der Waals surface area contributed by atoms with Gasteiger partial charge in [-0.25, -0.2) is 9.97 Å². The first-order valence-corrected chi connectivity index (χ1v) is 10.2. The van der Waals surface area contributed by atoms with Crippen LogP contribution in [0.3, 0.4) is 0 Å². The van der Waals surface area contributed by atoms with Crippen LogP contribution in [-0.4, -0.2) is 65.8 Å². The molecule has 0 spiro atoms. The highest BCUT2D eigenvalue weighted by atomic mass is 32.2. The van der Waals surface area contributed by atoms with Gasteiger partial charge in [-0.3, -0.25) is 4.90 Å². The van der Waals surface area contributed by atoms with Gasteiger partial charge in [0.15, 0.2) is 0 Å². The largest absolute Gasteiger partial charge is 0.380 e. The Morgan fingerprint density at radius 1 is 1.28 bits per heavy atom. The second kappa shape index (κ2) is 7.48. The van der Waals surface area contributed by atoms with Gasteiger partial charge < -0.3 is 9.64 Å². The Labute approximate surface area is 153 Å². The van der Waals surface area contributed by atoms with Crippen LogP contribution in [0.2, 0.25) is 0 Å². The molecule has 3 heterocycles. The van der Waals surface area contributed by atoms with E-state index < -0.39 is 0 Å². The Morgan fingerprint density at radius 2 is 2.12 bits per heavy atom. The summed E-state index contributed by atoms with van der Waals surface area (Å²) in [7, 11) is 2.15. The molecule has 0 N–H and O–H groups in total. The third-order valence-corrected chi connectivity index (χ3v) is 6.05. The monoisotopic (exact) mass is 358 g/mol. The number of hydrogen-bond donors (Lipinski definition) is 0.